The lowest BCUT2D eigenvalue weighted by atomic mass is 9.91. The van der Waals surface area contributed by atoms with E-state index < -0.39 is 5.60 Å². The summed E-state index contributed by atoms with van der Waals surface area (Å²) in [4.78, 5) is 13.8. The molecule has 2 fully saturated rings. The van der Waals surface area contributed by atoms with Crippen LogP contribution in [0.15, 0.2) is 0 Å². The first-order valence-electron chi connectivity index (χ1n) is 7.49. The van der Waals surface area contributed by atoms with E-state index in [1.807, 2.05) is 25.7 Å². The number of hydrogen-bond acceptors (Lipinski definition) is 3. The van der Waals surface area contributed by atoms with Crippen LogP contribution in [0.2, 0.25) is 0 Å². The molecule has 2 aliphatic rings. The molecule has 0 aromatic rings. The number of rotatable bonds is 3. The average molecular weight is 269 g/mol. The van der Waals surface area contributed by atoms with Crippen LogP contribution >= 0.6 is 0 Å². The van der Waals surface area contributed by atoms with Gasteiger partial charge in [0.1, 0.15) is 5.60 Å². The van der Waals surface area contributed by atoms with Crippen molar-refractivity contribution in [1.29, 1.82) is 0 Å². The topological polar surface area (TPSA) is 49.8 Å². The van der Waals surface area contributed by atoms with Crippen molar-refractivity contribution < 1.29 is 14.6 Å². The number of ether oxygens (including phenoxy) is 1. The second-order valence-electron chi connectivity index (χ2n) is 6.98. The zero-order valence-corrected chi connectivity index (χ0v) is 12.4. The Morgan fingerprint density at radius 1 is 1.32 bits per heavy atom. The lowest BCUT2D eigenvalue weighted by molar-refractivity contribution is 0.0174. The first kappa shape index (κ1) is 14.6. The maximum absolute atomic E-state index is 11.9. The Labute approximate surface area is 116 Å². The van der Waals surface area contributed by atoms with Gasteiger partial charge < -0.3 is 14.7 Å². The lowest BCUT2D eigenvalue weighted by Gasteiger charge is -2.33. The third-order valence-corrected chi connectivity index (χ3v) is 4.27. The zero-order chi connectivity index (χ0) is 14.0. The first-order valence-corrected chi connectivity index (χ1v) is 7.49. The summed E-state index contributed by atoms with van der Waals surface area (Å²) in [5, 5.41) is 8.95. The number of carbonyl (C=O) groups excluding carboxylic acids is 1. The normalized spacial score (nSPS) is 28.3. The van der Waals surface area contributed by atoms with Crippen molar-refractivity contribution in [1.82, 2.24) is 4.90 Å². The number of carbonyl (C=O) groups is 1. The molecule has 0 bridgehead atoms. The predicted molar refractivity (Wildman–Crippen MR) is 73.8 cm³/mol. The van der Waals surface area contributed by atoms with Crippen molar-refractivity contribution in [2.75, 3.05) is 19.7 Å². The van der Waals surface area contributed by atoms with Crippen molar-refractivity contribution in [3.05, 3.63) is 0 Å². The third-order valence-electron chi connectivity index (χ3n) is 4.27. The number of aliphatic hydroxyl groups is 1. The maximum Gasteiger partial charge on any atom is 0.410 e. The van der Waals surface area contributed by atoms with E-state index in [1.54, 1.807) is 0 Å². The highest BCUT2D eigenvalue weighted by Gasteiger charge is 2.43. The predicted octanol–water partition coefficient (Wildman–Crippen LogP) is 2.65. The van der Waals surface area contributed by atoms with Crippen LogP contribution < -0.4 is 0 Å². The highest BCUT2D eigenvalue weighted by molar-refractivity contribution is 5.68. The van der Waals surface area contributed by atoms with Gasteiger partial charge in [0.05, 0.1) is 0 Å². The largest absolute Gasteiger partial charge is 0.444 e. The number of piperidine rings is 1. The van der Waals surface area contributed by atoms with E-state index >= 15 is 0 Å². The Kier molecular flexibility index (Phi) is 4.39. The Morgan fingerprint density at radius 2 is 1.95 bits per heavy atom. The highest BCUT2D eigenvalue weighted by Crippen LogP contribution is 2.49. The standard InChI is InChI=1S/C15H27NO3/c1-15(2,3)19-14(18)16-7-4-11(5-8-16)13-10-12(13)6-9-17/h11-13,17H,4-10H2,1-3H3. The van der Waals surface area contributed by atoms with Crippen LogP contribution in [-0.2, 0) is 4.74 Å². The fourth-order valence-electron chi connectivity index (χ4n) is 3.18. The fourth-order valence-corrected chi connectivity index (χ4v) is 3.18. The summed E-state index contributed by atoms with van der Waals surface area (Å²) in [7, 11) is 0. The molecule has 0 aromatic carbocycles. The summed E-state index contributed by atoms with van der Waals surface area (Å²) in [6.07, 6.45) is 4.24. The second-order valence-corrected chi connectivity index (χ2v) is 6.98. The van der Waals surface area contributed by atoms with Crippen molar-refractivity contribution >= 4 is 6.09 Å². The SMILES string of the molecule is CC(C)(C)OC(=O)N1CCC(C2CC2CCO)CC1. The van der Waals surface area contributed by atoms with E-state index in [1.165, 1.54) is 6.42 Å². The molecular formula is C15H27NO3. The molecule has 1 N–H and O–H groups in total. The van der Waals surface area contributed by atoms with Crippen LogP contribution in [0.4, 0.5) is 4.79 Å². The summed E-state index contributed by atoms with van der Waals surface area (Å²) in [5.74, 6) is 2.28. The molecular weight excluding hydrogens is 242 g/mol. The monoisotopic (exact) mass is 269 g/mol. The van der Waals surface area contributed by atoms with Crippen molar-refractivity contribution in [2.24, 2.45) is 17.8 Å². The number of hydrogen-bond donors (Lipinski definition) is 1. The molecule has 0 radical (unpaired) electrons. The molecule has 4 heteroatoms. The third kappa shape index (κ3) is 4.10. The highest BCUT2D eigenvalue weighted by atomic mass is 16.6. The van der Waals surface area contributed by atoms with Crippen molar-refractivity contribution in [2.45, 2.75) is 52.1 Å². The van der Waals surface area contributed by atoms with Gasteiger partial charge in [0, 0.05) is 19.7 Å². The summed E-state index contributed by atoms with van der Waals surface area (Å²) >= 11 is 0. The Hall–Kier alpha value is -0.770. The van der Waals surface area contributed by atoms with Crippen LogP contribution in [0.25, 0.3) is 0 Å². The van der Waals surface area contributed by atoms with Crippen LogP contribution in [-0.4, -0.2) is 41.4 Å². The van der Waals surface area contributed by atoms with Crippen LogP contribution in [0.3, 0.4) is 0 Å². The molecule has 4 nitrogen and oxygen atoms in total. The van der Waals surface area contributed by atoms with E-state index in [0.29, 0.717) is 6.61 Å². The van der Waals surface area contributed by atoms with Crippen LogP contribution in [0.1, 0.15) is 46.5 Å². The van der Waals surface area contributed by atoms with Gasteiger partial charge in [0.15, 0.2) is 0 Å². The summed E-state index contributed by atoms with van der Waals surface area (Å²) in [5.41, 5.74) is -0.406. The summed E-state index contributed by atoms with van der Waals surface area (Å²) < 4.78 is 5.40. The van der Waals surface area contributed by atoms with Gasteiger partial charge in [0.25, 0.3) is 0 Å². The summed E-state index contributed by atoms with van der Waals surface area (Å²) in [6.45, 7) is 7.67. The van der Waals surface area contributed by atoms with E-state index in [4.69, 9.17) is 9.84 Å². The molecule has 110 valence electrons. The fraction of sp³-hybridized carbons (Fsp3) is 0.933. The van der Waals surface area contributed by atoms with E-state index in [9.17, 15) is 4.79 Å². The van der Waals surface area contributed by atoms with Gasteiger partial charge >= 0.3 is 6.09 Å². The molecule has 1 aliphatic heterocycles. The average Bonchev–Trinajstić information content (AvgIpc) is 3.07. The molecule has 1 aliphatic carbocycles. The quantitative estimate of drug-likeness (QED) is 0.857. The van der Waals surface area contributed by atoms with Gasteiger partial charge in [0.2, 0.25) is 0 Å². The molecule has 0 spiro atoms. The Balaban J connectivity index is 1.72. The second kappa shape index (κ2) is 5.70. The van der Waals surface area contributed by atoms with Gasteiger partial charge in [-0.15, -0.1) is 0 Å². The van der Waals surface area contributed by atoms with Crippen molar-refractivity contribution in [3.8, 4) is 0 Å². The maximum atomic E-state index is 11.9. The Bertz CT molecular complexity index is 316. The minimum Gasteiger partial charge on any atom is -0.444 e. The van der Waals surface area contributed by atoms with Gasteiger partial charge in [-0.25, -0.2) is 4.79 Å². The minimum atomic E-state index is -0.406. The van der Waals surface area contributed by atoms with Crippen molar-refractivity contribution in [3.63, 3.8) is 0 Å². The molecule has 2 atom stereocenters. The zero-order valence-electron chi connectivity index (χ0n) is 12.4. The first-order chi connectivity index (χ1) is 8.90. The van der Waals surface area contributed by atoms with E-state index in [0.717, 1.165) is 50.1 Å². The molecule has 1 saturated carbocycles. The number of aliphatic hydroxyl groups excluding tert-OH is 1. The number of nitrogens with zero attached hydrogens (tertiary/aromatic N) is 1. The van der Waals surface area contributed by atoms with Crippen LogP contribution in [0.5, 0.6) is 0 Å². The molecule has 1 heterocycles. The van der Waals surface area contributed by atoms with Gasteiger partial charge in [-0.1, -0.05) is 0 Å². The molecule has 0 aromatic heterocycles. The van der Waals surface area contributed by atoms with E-state index in [-0.39, 0.29) is 6.09 Å². The molecule has 1 amide bonds. The Morgan fingerprint density at radius 3 is 2.47 bits per heavy atom. The van der Waals surface area contributed by atoms with Gasteiger partial charge in [-0.05, 0) is 64.2 Å². The molecule has 19 heavy (non-hydrogen) atoms. The lowest BCUT2D eigenvalue weighted by Crippen LogP contribution is -2.42. The molecule has 1 saturated heterocycles. The van der Waals surface area contributed by atoms with E-state index in [2.05, 4.69) is 0 Å². The molecule has 2 rings (SSSR count). The number of amides is 1. The molecule has 2 unspecified atom stereocenters. The van der Waals surface area contributed by atoms with Gasteiger partial charge in [-0.3, -0.25) is 0 Å². The summed E-state index contributed by atoms with van der Waals surface area (Å²) in [6, 6.07) is 0. The van der Waals surface area contributed by atoms with Gasteiger partial charge in [-0.2, -0.15) is 0 Å². The van der Waals surface area contributed by atoms with Crippen LogP contribution in [0, 0.1) is 17.8 Å². The minimum absolute atomic E-state index is 0.173. The smallest absolute Gasteiger partial charge is 0.410 e. The number of likely N-dealkylation sites (tertiary alicyclic amines) is 1.